The number of halogens is 1. The molecule has 0 amide bonds. The molecule has 122 valence electrons. The van der Waals surface area contributed by atoms with Crippen molar-refractivity contribution >= 4 is 17.0 Å². The monoisotopic (exact) mass is 328 g/mol. The maximum Gasteiger partial charge on any atom is 0.390 e. The van der Waals surface area contributed by atoms with Crippen LogP contribution in [-0.2, 0) is 4.79 Å². The minimum atomic E-state index is -2.02. The highest BCUT2D eigenvalue weighted by Crippen LogP contribution is 2.23. The third kappa shape index (κ3) is 3.24. The molecule has 24 heavy (non-hydrogen) atoms. The average Bonchev–Trinajstić information content (AvgIpc) is 2.55. The summed E-state index contributed by atoms with van der Waals surface area (Å²) in [5.74, 6) is -3.60. The van der Waals surface area contributed by atoms with Crippen LogP contribution in [0.3, 0.4) is 0 Å². The van der Waals surface area contributed by atoms with Crippen LogP contribution in [0, 0.1) is 5.82 Å². The second-order valence-electron chi connectivity index (χ2n) is 5.11. The molecule has 0 aliphatic heterocycles. The quantitative estimate of drug-likeness (QED) is 0.725. The zero-order chi connectivity index (χ0) is 17.2. The zero-order valence-corrected chi connectivity index (χ0v) is 12.6. The highest BCUT2D eigenvalue weighted by Gasteiger charge is 2.39. The summed E-state index contributed by atoms with van der Waals surface area (Å²) in [5, 5.41) is 9.45. The van der Waals surface area contributed by atoms with Gasteiger partial charge < -0.3 is 14.6 Å². The molecule has 0 fully saturated rings. The number of aliphatic carboxylic acids is 1. The molecule has 1 heterocycles. The van der Waals surface area contributed by atoms with E-state index in [9.17, 15) is 14.3 Å². The van der Waals surface area contributed by atoms with Crippen LogP contribution < -0.4 is 9.47 Å². The highest BCUT2D eigenvalue weighted by atomic mass is 19.1. The summed E-state index contributed by atoms with van der Waals surface area (Å²) in [6, 6.07) is 12.3. The van der Waals surface area contributed by atoms with Crippen LogP contribution in [0.1, 0.15) is 6.92 Å². The largest absolute Gasteiger partial charge is 0.475 e. The number of carboxylic acids is 1. The Kier molecular flexibility index (Phi) is 3.99. The number of nitrogens with zero attached hydrogens (tertiary/aromatic N) is 2. The predicted molar refractivity (Wildman–Crippen MR) is 83.2 cm³/mol. The SMILES string of the molecule is CC(Oc1ccccc1)(Oc1cnc2ccc(F)cc2n1)C(=O)O. The third-order valence-corrected chi connectivity index (χ3v) is 3.23. The molecule has 0 aliphatic carbocycles. The molecular formula is C17H13FN2O4. The molecule has 0 saturated heterocycles. The van der Waals surface area contributed by atoms with Crippen molar-refractivity contribution in [1.29, 1.82) is 0 Å². The van der Waals surface area contributed by atoms with Crippen molar-refractivity contribution in [3.8, 4) is 11.6 Å². The first-order valence-electron chi connectivity index (χ1n) is 7.05. The molecule has 1 aromatic heterocycles. The van der Waals surface area contributed by atoms with Gasteiger partial charge in [0.05, 0.1) is 17.2 Å². The Labute approximate surface area is 136 Å². The lowest BCUT2D eigenvalue weighted by Crippen LogP contribution is -2.47. The summed E-state index contributed by atoms with van der Waals surface area (Å²) in [7, 11) is 0. The number of hydrogen-bond acceptors (Lipinski definition) is 5. The number of hydrogen-bond donors (Lipinski definition) is 1. The molecule has 0 spiro atoms. The fraction of sp³-hybridized carbons (Fsp3) is 0.118. The molecule has 3 aromatic rings. The van der Waals surface area contributed by atoms with Gasteiger partial charge in [0.2, 0.25) is 5.88 Å². The van der Waals surface area contributed by atoms with E-state index in [4.69, 9.17) is 9.47 Å². The second kappa shape index (κ2) is 6.11. The van der Waals surface area contributed by atoms with E-state index in [-0.39, 0.29) is 11.4 Å². The third-order valence-electron chi connectivity index (χ3n) is 3.23. The van der Waals surface area contributed by atoms with Crippen LogP contribution in [-0.4, -0.2) is 26.8 Å². The van der Waals surface area contributed by atoms with Gasteiger partial charge in [-0.3, -0.25) is 0 Å². The van der Waals surface area contributed by atoms with E-state index in [2.05, 4.69) is 9.97 Å². The van der Waals surface area contributed by atoms with Crippen molar-refractivity contribution in [3.05, 3.63) is 60.5 Å². The van der Waals surface area contributed by atoms with Gasteiger partial charge in [0.25, 0.3) is 0 Å². The summed E-state index contributed by atoms with van der Waals surface area (Å²) >= 11 is 0. The predicted octanol–water partition coefficient (Wildman–Crippen LogP) is 3.03. The van der Waals surface area contributed by atoms with Crippen molar-refractivity contribution < 1.29 is 23.8 Å². The van der Waals surface area contributed by atoms with E-state index in [0.29, 0.717) is 11.3 Å². The Hall–Kier alpha value is -3.22. The lowest BCUT2D eigenvalue weighted by atomic mass is 10.3. The fourth-order valence-corrected chi connectivity index (χ4v) is 2.04. The first-order valence-corrected chi connectivity index (χ1v) is 7.05. The normalized spacial score (nSPS) is 13.2. The Morgan fingerprint density at radius 2 is 1.88 bits per heavy atom. The number of para-hydroxylation sites is 1. The van der Waals surface area contributed by atoms with Crippen molar-refractivity contribution in [2.24, 2.45) is 0 Å². The fourth-order valence-electron chi connectivity index (χ4n) is 2.04. The molecule has 6 nitrogen and oxygen atoms in total. The number of carbonyl (C=O) groups is 1. The van der Waals surface area contributed by atoms with Crippen LogP contribution in [0.15, 0.2) is 54.7 Å². The lowest BCUT2D eigenvalue weighted by molar-refractivity contribution is -0.181. The van der Waals surface area contributed by atoms with E-state index < -0.39 is 17.6 Å². The van der Waals surface area contributed by atoms with Gasteiger partial charge in [0.1, 0.15) is 11.6 Å². The van der Waals surface area contributed by atoms with Crippen LogP contribution in [0.5, 0.6) is 11.6 Å². The van der Waals surface area contributed by atoms with E-state index in [1.54, 1.807) is 30.3 Å². The number of fused-ring (bicyclic) bond motifs is 1. The van der Waals surface area contributed by atoms with Gasteiger partial charge in [-0.15, -0.1) is 0 Å². The maximum absolute atomic E-state index is 13.3. The molecule has 0 saturated carbocycles. The smallest absolute Gasteiger partial charge is 0.390 e. The van der Waals surface area contributed by atoms with E-state index in [0.717, 1.165) is 0 Å². The van der Waals surface area contributed by atoms with Crippen LogP contribution in [0.25, 0.3) is 11.0 Å². The minimum Gasteiger partial charge on any atom is -0.475 e. The molecule has 0 radical (unpaired) electrons. The Balaban J connectivity index is 1.91. The van der Waals surface area contributed by atoms with Crippen molar-refractivity contribution in [3.63, 3.8) is 0 Å². The van der Waals surface area contributed by atoms with Gasteiger partial charge in [0, 0.05) is 13.0 Å². The molecule has 7 heteroatoms. The van der Waals surface area contributed by atoms with Crippen LogP contribution >= 0.6 is 0 Å². The van der Waals surface area contributed by atoms with Gasteiger partial charge >= 0.3 is 11.8 Å². The number of carboxylic acid groups (broad SMARTS) is 1. The zero-order valence-electron chi connectivity index (χ0n) is 12.6. The van der Waals surface area contributed by atoms with Crippen molar-refractivity contribution in [2.45, 2.75) is 12.7 Å². The molecule has 0 bridgehead atoms. The van der Waals surface area contributed by atoms with Gasteiger partial charge in [0.15, 0.2) is 0 Å². The minimum absolute atomic E-state index is 0.0890. The molecule has 0 aliphatic rings. The Bertz CT molecular complexity index is 888. The van der Waals surface area contributed by atoms with Crippen molar-refractivity contribution in [1.82, 2.24) is 9.97 Å². The number of ether oxygens (including phenoxy) is 2. The summed E-state index contributed by atoms with van der Waals surface area (Å²) in [5.41, 5.74) is 0.713. The van der Waals surface area contributed by atoms with Gasteiger partial charge in [-0.05, 0) is 24.3 Å². The molecule has 3 rings (SSSR count). The van der Waals surface area contributed by atoms with Crippen LogP contribution in [0.2, 0.25) is 0 Å². The topological polar surface area (TPSA) is 81.5 Å². The van der Waals surface area contributed by atoms with Gasteiger partial charge in [-0.1, -0.05) is 18.2 Å². The summed E-state index contributed by atoms with van der Waals surface area (Å²) in [4.78, 5) is 19.7. The van der Waals surface area contributed by atoms with Crippen molar-refractivity contribution in [2.75, 3.05) is 0 Å². The maximum atomic E-state index is 13.3. The number of aromatic nitrogens is 2. The molecular weight excluding hydrogens is 315 g/mol. The summed E-state index contributed by atoms with van der Waals surface area (Å²) < 4.78 is 24.1. The summed E-state index contributed by atoms with van der Waals surface area (Å²) in [6.45, 7) is 1.25. The first-order chi connectivity index (χ1) is 11.5. The molecule has 2 aromatic carbocycles. The van der Waals surface area contributed by atoms with Gasteiger partial charge in [-0.25, -0.2) is 19.2 Å². The van der Waals surface area contributed by atoms with E-state index >= 15 is 0 Å². The van der Waals surface area contributed by atoms with E-state index in [1.807, 2.05) is 0 Å². The van der Waals surface area contributed by atoms with Gasteiger partial charge in [-0.2, -0.15) is 0 Å². The number of rotatable bonds is 5. The summed E-state index contributed by atoms with van der Waals surface area (Å²) in [6.07, 6.45) is 1.26. The highest BCUT2D eigenvalue weighted by molar-refractivity contribution is 5.77. The Morgan fingerprint density at radius 3 is 2.58 bits per heavy atom. The van der Waals surface area contributed by atoms with E-state index in [1.165, 1.54) is 31.3 Å². The first kappa shape index (κ1) is 15.7. The Morgan fingerprint density at radius 1 is 1.12 bits per heavy atom. The molecule has 1 N–H and O–H groups in total. The standard InChI is InChI=1S/C17H13FN2O4/c1-17(16(21)22,23-12-5-3-2-4-6-12)24-15-10-19-13-8-7-11(18)9-14(13)20-15/h2-10H,1H3,(H,21,22). The number of benzene rings is 2. The molecule has 1 atom stereocenters. The second-order valence-corrected chi connectivity index (χ2v) is 5.11. The molecule has 1 unspecified atom stereocenters. The average molecular weight is 328 g/mol. The van der Waals surface area contributed by atoms with Crippen LogP contribution in [0.4, 0.5) is 4.39 Å². The lowest BCUT2D eigenvalue weighted by Gasteiger charge is -2.26.